The Kier molecular flexibility index (Phi) is 2.78. The smallest absolute Gasteiger partial charge is 0.0610 e. The van der Waals surface area contributed by atoms with Crippen molar-refractivity contribution >= 4 is 10.9 Å². The Morgan fingerprint density at radius 2 is 2.07 bits per heavy atom. The summed E-state index contributed by atoms with van der Waals surface area (Å²) in [5, 5.41) is 10.3. The summed E-state index contributed by atoms with van der Waals surface area (Å²) in [6, 6.07) is 8.51. The first-order chi connectivity index (χ1) is 7.24. The van der Waals surface area contributed by atoms with Crippen molar-refractivity contribution in [3.8, 4) is 0 Å². The van der Waals surface area contributed by atoms with Gasteiger partial charge in [-0.1, -0.05) is 26.0 Å². The van der Waals surface area contributed by atoms with Gasteiger partial charge in [-0.25, -0.2) is 0 Å². The normalized spacial score (nSPS) is 11.5. The molecule has 0 unspecified atom stereocenters. The number of hydrogen-bond donors (Lipinski definition) is 1. The Morgan fingerprint density at radius 3 is 2.73 bits per heavy atom. The van der Waals surface area contributed by atoms with Crippen molar-refractivity contribution in [3.05, 3.63) is 36.0 Å². The van der Waals surface area contributed by atoms with E-state index in [2.05, 4.69) is 42.7 Å². The van der Waals surface area contributed by atoms with Crippen molar-refractivity contribution < 1.29 is 5.11 Å². The maximum Gasteiger partial charge on any atom is 0.0610 e. The van der Waals surface area contributed by atoms with Crippen molar-refractivity contribution in [2.75, 3.05) is 6.61 Å². The van der Waals surface area contributed by atoms with E-state index in [4.69, 9.17) is 5.11 Å². The molecule has 0 spiro atoms. The number of benzene rings is 1. The molecule has 1 aromatic carbocycles. The molecule has 0 aliphatic rings. The number of fused-ring (bicyclic) bond motifs is 1. The predicted molar refractivity (Wildman–Crippen MR) is 63.1 cm³/mol. The van der Waals surface area contributed by atoms with Gasteiger partial charge < -0.3 is 9.67 Å². The molecule has 2 heteroatoms. The zero-order valence-corrected chi connectivity index (χ0v) is 9.27. The van der Waals surface area contributed by atoms with Gasteiger partial charge >= 0.3 is 0 Å². The first kappa shape index (κ1) is 10.2. The van der Waals surface area contributed by atoms with E-state index in [1.165, 1.54) is 16.5 Å². The fraction of sp³-hybridized carbons (Fsp3) is 0.385. The minimum atomic E-state index is 0.190. The first-order valence-corrected chi connectivity index (χ1v) is 5.42. The summed E-state index contributed by atoms with van der Waals surface area (Å²) in [6.45, 7) is 5.27. The highest BCUT2D eigenvalue weighted by atomic mass is 16.3. The Morgan fingerprint density at radius 1 is 1.27 bits per heavy atom. The molecule has 0 bridgehead atoms. The minimum Gasteiger partial charge on any atom is -0.395 e. The van der Waals surface area contributed by atoms with E-state index in [0.717, 1.165) is 0 Å². The summed E-state index contributed by atoms with van der Waals surface area (Å²) in [7, 11) is 0. The van der Waals surface area contributed by atoms with Crippen LogP contribution in [-0.4, -0.2) is 16.3 Å². The highest BCUT2D eigenvalue weighted by Gasteiger charge is 2.07. The van der Waals surface area contributed by atoms with Crippen molar-refractivity contribution in [3.63, 3.8) is 0 Å². The van der Waals surface area contributed by atoms with Gasteiger partial charge in [0.25, 0.3) is 0 Å². The van der Waals surface area contributed by atoms with E-state index >= 15 is 0 Å². The highest BCUT2D eigenvalue weighted by Crippen LogP contribution is 2.25. The Labute approximate surface area is 90.2 Å². The lowest BCUT2D eigenvalue weighted by molar-refractivity contribution is 0.278. The topological polar surface area (TPSA) is 25.2 Å². The number of hydrogen-bond acceptors (Lipinski definition) is 1. The average molecular weight is 203 g/mol. The van der Waals surface area contributed by atoms with Crippen LogP contribution in [-0.2, 0) is 6.54 Å². The molecule has 15 heavy (non-hydrogen) atoms. The van der Waals surface area contributed by atoms with Gasteiger partial charge in [0.15, 0.2) is 0 Å². The van der Waals surface area contributed by atoms with Crippen LogP contribution in [0.3, 0.4) is 0 Å². The van der Waals surface area contributed by atoms with Crippen LogP contribution in [0, 0.1) is 0 Å². The quantitative estimate of drug-likeness (QED) is 0.815. The molecule has 0 amide bonds. The molecule has 0 fully saturated rings. The number of rotatable bonds is 3. The van der Waals surface area contributed by atoms with Crippen molar-refractivity contribution in [1.82, 2.24) is 4.57 Å². The Bertz CT molecular complexity index is 457. The third kappa shape index (κ3) is 1.77. The zero-order chi connectivity index (χ0) is 10.8. The van der Waals surface area contributed by atoms with E-state index in [-0.39, 0.29) is 6.61 Å². The lowest BCUT2D eigenvalue weighted by Crippen LogP contribution is -2.00. The number of aromatic nitrogens is 1. The SMILES string of the molecule is CC(C)c1cccc2c1ccn2CCO. The molecule has 1 aromatic heterocycles. The molecular formula is C13H17NO. The van der Waals surface area contributed by atoms with Gasteiger partial charge in [0, 0.05) is 23.6 Å². The lowest BCUT2D eigenvalue weighted by atomic mass is 9.99. The van der Waals surface area contributed by atoms with Crippen LogP contribution >= 0.6 is 0 Å². The predicted octanol–water partition coefficient (Wildman–Crippen LogP) is 2.76. The van der Waals surface area contributed by atoms with Crippen LogP contribution < -0.4 is 0 Å². The molecular weight excluding hydrogens is 186 g/mol. The molecule has 0 radical (unpaired) electrons. The molecule has 2 nitrogen and oxygen atoms in total. The van der Waals surface area contributed by atoms with Gasteiger partial charge in [0.05, 0.1) is 6.61 Å². The fourth-order valence-corrected chi connectivity index (χ4v) is 2.05. The second kappa shape index (κ2) is 4.07. The first-order valence-electron chi connectivity index (χ1n) is 5.42. The molecule has 1 N–H and O–H groups in total. The van der Waals surface area contributed by atoms with Crippen LogP contribution in [0.15, 0.2) is 30.5 Å². The van der Waals surface area contributed by atoms with Crippen molar-refractivity contribution in [1.29, 1.82) is 0 Å². The summed E-state index contributed by atoms with van der Waals surface area (Å²) in [6.07, 6.45) is 2.05. The molecule has 1 heterocycles. The van der Waals surface area contributed by atoms with Gasteiger partial charge in [-0.05, 0) is 23.6 Å². The summed E-state index contributed by atoms with van der Waals surface area (Å²) in [5.41, 5.74) is 2.60. The number of nitrogens with zero attached hydrogens (tertiary/aromatic N) is 1. The van der Waals surface area contributed by atoms with Crippen LogP contribution in [0.2, 0.25) is 0 Å². The summed E-state index contributed by atoms with van der Waals surface area (Å²) < 4.78 is 2.10. The van der Waals surface area contributed by atoms with Gasteiger partial charge in [0.1, 0.15) is 0 Å². The molecule has 0 atom stereocenters. The Balaban J connectivity index is 2.58. The third-order valence-corrected chi connectivity index (χ3v) is 2.81. The third-order valence-electron chi connectivity index (χ3n) is 2.81. The maximum atomic E-state index is 8.96. The summed E-state index contributed by atoms with van der Waals surface area (Å²) in [4.78, 5) is 0. The standard InChI is InChI=1S/C13H17NO/c1-10(2)11-4-3-5-13-12(11)6-7-14(13)8-9-15/h3-7,10,15H,8-9H2,1-2H3. The van der Waals surface area contributed by atoms with E-state index in [1.54, 1.807) is 0 Å². The second-order valence-corrected chi connectivity index (χ2v) is 4.17. The van der Waals surface area contributed by atoms with Crippen LogP contribution in [0.4, 0.5) is 0 Å². The van der Waals surface area contributed by atoms with Crippen LogP contribution in [0.25, 0.3) is 10.9 Å². The maximum absolute atomic E-state index is 8.96. The van der Waals surface area contributed by atoms with Crippen molar-refractivity contribution in [2.24, 2.45) is 0 Å². The van der Waals surface area contributed by atoms with Crippen LogP contribution in [0.1, 0.15) is 25.3 Å². The fourth-order valence-electron chi connectivity index (χ4n) is 2.05. The van der Waals surface area contributed by atoms with E-state index in [0.29, 0.717) is 12.5 Å². The molecule has 80 valence electrons. The summed E-state index contributed by atoms with van der Waals surface area (Å²) in [5.74, 6) is 0.540. The van der Waals surface area contributed by atoms with E-state index in [9.17, 15) is 0 Å². The molecule has 0 aliphatic heterocycles. The largest absolute Gasteiger partial charge is 0.395 e. The molecule has 0 saturated carbocycles. The monoisotopic (exact) mass is 203 g/mol. The van der Waals surface area contributed by atoms with Crippen LogP contribution in [0.5, 0.6) is 0 Å². The van der Waals surface area contributed by atoms with E-state index < -0.39 is 0 Å². The summed E-state index contributed by atoms with van der Waals surface area (Å²) >= 11 is 0. The zero-order valence-electron chi connectivity index (χ0n) is 9.27. The van der Waals surface area contributed by atoms with Gasteiger partial charge in [-0.3, -0.25) is 0 Å². The van der Waals surface area contributed by atoms with E-state index in [1.807, 2.05) is 6.20 Å². The van der Waals surface area contributed by atoms with Gasteiger partial charge in [-0.2, -0.15) is 0 Å². The van der Waals surface area contributed by atoms with Gasteiger partial charge in [-0.15, -0.1) is 0 Å². The number of aliphatic hydroxyl groups is 1. The Hall–Kier alpha value is -1.28. The molecule has 0 saturated heterocycles. The second-order valence-electron chi connectivity index (χ2n) is 4.17. The molecule has 2 aromatic rings. The number of aliphatic hydroxyl groups excluding tert-OH is 1. The van der Waals surface area contributed by atoms with Crippen molar-refractivity contribution in [2.45, 2.75) is 26.3 Å². The van der Waals surface area contributed by atoms with Gasteiger partial charge in [0.2, 0.25) is 0 Å². The average Bonchev–Trinajstić information content (AvgIpc) is 2.62. The highest BCUT2D eigenvalue weighted by molar-refractivity contribution is 5.84. The molecule has 2 rings (SSSR count). The minimum absolute atomic E-state index is 0.190. The lowest BCUT2D eigenvalue weighted by Gasteiger charge is -2.08. The molecule has 0 aliphatic carbocycles.